The Balaban J connectivity index is 2.36. The van der Waals surface area contributed by atoms with E-state index in [-0.39, 0.29) is 5.97 Å². The minimum absolute atomic E-state index is 0.299. The van der Waals surface area contributed by atoms with Crippen LogP contribution in [0.3, 0.4) is 0 Å². The Kier molecular flexibility index (Phi) is 6.23. The van der Waals surface area contributed by atoms with Gasteiger partial charge >= 0.3 is 5.97 Å². The summed E-state index contributed by atoms with van der Waals surface area (Å²) in [6.07, 6.45) is 3.01. The lowest BCUT2D eigenvalue weighted by atomic mass is 9.97. The van der Waals surface area contributed by atoms with Crippen LogP contribution in [-0.2, 0) is 9.53 Å². The van der Waals surface area contributed by atoms with Gasteiger partial charge in [0.1, 0.15) is 5.54 Å². The normalized spacial score (nSPS) is 21.4. The van der Waals surface area contributed by atoms with E-state index in [1.54, 1.807) is 13.8 Å². The van der Waals surface area contributed by atoms with Crippen molar-refractivity contribution in [1.29, 1.82) is 0 Å². The first kappa shape index (κ1) is 16.4. The van der Waals surface area contributed by atoms with Gasteiger partial charge in [-0.15, -0.1) is 0 Å². The number of esters is 1. The third-order valence-corrected chi connectivity index (χ3v) is 4.04. The average molecular weight is 271 g/mol. The number of carbonyl (C=O) groups excluding carboxylic acids is 1. The molecule has 0 aromatic rings. The molecule has 0 bridgehead atoms. The maximum absolute atomic E-state index is 11.7. The molecule has 0 radical (unpaired) electrons. The summed E-state index contributed by atoms with van der Waals surface area (Å²) >= 11 is 0. The minimum Gasteiger partial charge on any atom is -0.465 e. The maximum Gasteiger partial charge on any atom is 0.325 e. The molecule has 1 unspecified atom stereocenters. The van der Waals surface area contributed by atoms with E-state index in [0.29, 0.717) is 19.1 Å². The lowest BCUT2D eigenvalue weighted by Crippen LogP contribution is -2.50. The van der Waals surface area contributed by atoms with Gasteiger partial charge in [0.2, 0.25) is 0 Å². The molecule has 0 spiro atoms. The van der Waals surface area contributed by atoms with Crippen molar-refractivity contribution in [1.82, 2.24) is 9.80 Å². The molecule has 19 heavy (non-hydrogen) atoms. The number of ether oxygens (including phenoxy) is 1. The van der Waals surface area contributed by atoms with Crippen molar-refractivity contribution in [2.75, 3.05) is 40.3 Å². The van der Waals surface area contributed by atoms with Crippen molar-refractivity contribution >= 4 is 5.97 Å². The van der Waals surface area contributed by atoms with Gasteiger partial charge in [0, 0.05) is 12.6 Å². The third-order valence-electron chi connectivity index (χ3n) is 4.04. The van der Waals surface area contributed by atoms with Crippen LogP contribution >= 0.6 is 0 Å². The SMILES string of the molecule is CCOC(=O)C(C)(N)CCN(C)C1CCN(C)CC1. The largest absolute Gasteiger partial charge is 0.465 e. The summed E-state index contributed by atoms with van der Waals surface area (Å²) in [6.45, 7) is 7.07. The molecule has 1 rings (SSSR count). The Labute approximate surface area is 117 Å². The first-order valence-electron chi connectivity index (χ1n) is 7.21. The van der Waals surface area contributed by atoms with E-state index in [9.17, 15) is 4.79 Å². The number of nitrogens with two attached hydrogens (primary N) is 1. The quantitative estimate of drug-likeness (QED) is 0.720. The second-order valence-corrected chi connectivity index (χ2v) is 5.90. The smallest absolute Gasteiger partial charge is 0.325 e. The van der Waals surface area contributed by atoms with Crippen molar-refractivity contribution in [3.63, 3.8) is 0 Å². The fraction of sp³-hybridized carbons (Fsp3) is 0.929. The number of piperidine rings is 1. The van der Waals surface area contributed by atoms with Crippen LogP contribution in [0.25, 0.3) is 0 Å². The van der Waals surface area contributed by atoms with Gasteiger partial charge in [0.05, 0.1) is 6.61 Å². The van der Waals surface area contributed by atoms with Crippen LogP contribution < -0.4 is 5.73 Å². The van der Waals surface area contributed by atoms with Crippen molar-refractivity contribution in [3.05, 3.63) is 0 Å². The van der Waals surface area contributed by atoms with Crippen LogP contribution in [0.2, 0.25) is 0 Å². The van der Waals surface area contributed by atoms with Crippen molar-refractivity contribution in [2.45, 2.75) is 44.7 Å². The number of carbonyl (C=O) groups is 1. The zero-order valence-corrected chi connectivity index (χ0v) is 12.8. The standard InChI is InChI=1S/C14H29N3O2/c1-5-19-13(18)14(2,15)8-11-17(4)12-6-9-16(3)10-7-12/h12H,5-11,15H2,1-4H3. The van der Waals surface area contributed by atoms with Crippen molar-refractivity contribution < 1.29 is 9.53 Å². The van der Waals surface area contributed by atoms with Gasteiger partial charge < -0.3 is 20.3 Å². The van der Waals surface area contributed by atoms with E-state index in [1.165, 1.54) is 12.8 Å². The number of likely N-dealkylation sites (tertiary alicyclic amines) is 1. The molecule has 1 aliphatic heterocycles. The predicted molar refractivity (Wildman–Crippen MR) is 77.0 cm³/mol. The third kappa shape index (κ3) is 5.09. The lowest BCUT2D eigenvalue weighted by molar-refractivity contribution is -0.149. The van der Waals surface area contributed by atoms with E-state index in [2.05, 4.69) is 23.9 Å². The van der Waals surface area contributed by atoms with Gasteiger partial charge in [-0.05, 0) is 60.3 Å². The first-order chi connectivity index (χ1) is 8.86. The fourth-order valence-corrected chi connectivity index (χ4v) is 2.42. The van der Waals surface area contributed by atoms with E-state index in [1.807, 2.05) is 0 Å². The summed E-state index contributed by atoms with van der Waals surface area (Å²) in [7, 11) is 4.28. The van der Waals surface area contributed by atoms with Crippen molar-refractivity contribution in [2.24, 2.45) is 5.73 Å². The summed E-state index contributed by atoms with van der Waals surface area (Å²) in [5, 5.41) is 0. The summed E-state index contributed by atoms with van der Waals surface area (Å²) in [5.74, 6) is -0.299. The topological polar surface area (TPSA) is 58.8 Å². The van der Waals surface area contributed by atoms with Crippen LogP contribution in [-0.4, -0.2) is 67.7 Å². The highest BCUT2D eigenvalue weighted by Crippen LogP contribution is 2.16. The molecule has 0 saturated carbocycles. The molecule has 0 aromatic carbocycles. The Morgan fingerprint density at radius 1 is 1.47 bits per heavy atom. The summed E-state index contributed by atoms with van der Waals surface area (Å²) in [5.41, 5.74) is 5.16. The monoisotopic (exact) mass is 271 g/mol. The number of nitrogens with zero attached hydrogens (tertiary/aromatic N) is 2. The molecular weight excluding hydrogens is 242 g/mol. The summed E-state index contributed by atoms with van der Waals surface area (Å²) < 4.78 is 5.01. The van der Waals surface area contributed by atoms with E-state index in [0.717, 1.165) is 19.6 Å². The molecule has 1 saturated heterocycles. The van der Waals surface area contributed by atoms with Crippen LogP contribution in [0.5, 0.6) is 0 Å². The molecule has 112 valence electrons. The van der Waals surface area contributed by atoms with Gasteiger partial charge in [-0.3, -0.25) is 4.79 Å². The Morgan fingerprint density at radius 3 is 2.58 bits per heavy atom. The fourth-order valence-electron chi connectivity index (χ4n) is 2.42. The molecule has 1 aliphatic rings. The molecule has 5 nitrogen and oxygen atoms in total. The average Bonchev–Trinajstić information content (AvgIpc) is 2.37. The first-order valence-corrected chi connectivity index (χ1v) is 7.21. The Hall–Kier alpha value is -0.650. The van der Waals surface area contributed by atoms with E-state index < -0.39 is 5.54 Å². The molecule has 0 aliphatic carbocycles. The second kappa shape index (κ2) is 7.22. The molecular formula is C14H29N3O2. The highest BCUT2D eigenvalue weighted by atomic mass is 16.5. The summed E-state index contributed by atoms with van der Waals surface area (Å²) in [4.78, 5) is 16.4. The number of hydrogen-bond acceptors (Lipinski definition) is 5. The van der Waals surface area contributed by atoms with Crippen molar-refractivity contribution in [3.8, 4) is 0 Å². The molecule has 1 atom stereocenters. The summed E-state index contributed by atoms with van der Waals surface area (Å²) in [6, 6.07) is 0.606. The maximum atomic E-state index is 11.7. The molecule has 1 fully saturated rings. The minimum atomic E-state index is -0.879. The molecule has 5 heteroatoms. The molecule has 0 aromatic heterocycles. The highest BCUT2D eigenvalue weighted by Gasteiger charge is 2.31. The van der Waals surface area contributed by atoms with Gasteiger partial charge in [0.25, 0.3) is 0 Å². The molecule has 1 heterocycles. The van der Waals surface area contributed by atoms with E-state index >= 15 is 0 Å². The van der Waals surface area contributed by atoms with Gasteiger partial charge in [-0.25, -0.2) is 0 Å². The van der Waals surface area contributed by atoms with Crippen LogP contribution in [0.1, 0.15) is 33.1 Å². The number of rotatable bonds is 6. The predicted octanol–water partition coefficient (Wildman–Crippen LogP) is 0.683. The van der Waals surface area contributed by atoms with Gasteiger partial charge in [-0.1, -0.05) is 0 Å². The zero-order chi connectivity index (χ0) is 14.5. The molecule has 2 N–H and O–H groups in total. The van der Waals surface area contributed by atoms with Crippen LogP contribution in [0, 0.1) is 0 Å². The van der Waals surface area contributed by atoms with Gasteiger partial charge in [0.15, 0.2) is 0 Å². The lowest BCUT2D eigenvalue weighted by Gasteiger charge is -2.36. The number of hydrogen-bond donors (Lipinski definition) is 1. The van der Waals surface area contributed by atoms with E-state index in [4.69, 9.17) is 10.5 Å². The second-order valence-electron chi connectivity index (χ2n) is 5.90. The van der Waals surface area contributed by atoms with Crippen LogP contribution in [0.4, 0.5) is 0 Å². The van der Waals surface area contributed by atoms with Crippen LogP contribution in [0.15, 0.2) is 0 Å². The zero-order valence-electron chi connectivity index (χ0n) is 12.8. The Morgan fingerprint density at radius 2 is 2.05 bits per heavy atom. The Bertz CT molecular complexity index is 286. The van der Waals surface area contributed by atoms with Gasteiger partial charge in [-0.2, -0.15) is 0 Å². The highest BCUT2D eigenvalue weighted by molar-refractivity contribution is 5.79. The molecule has 0 amide bonds.